The maximum absolute atomic E-state index is 12.3. The molecule has 0 N–H and O–H groups in total. The van der Waals surface area contributed by atoms with Gasteiger partial charge in [0.25, 0.3) is 0 Å². The maximum Gasteiger partial charge on any atom is 0.573 e. The van der Waals surface area contributed by atoms with Crippen LogP contribution in [0, 0.1) is 17.8 Å². The van der Waals surface area contributed by atoms with Gasteiger partial charge in [-0.3, -0.25) is 4.90 Å². The summed E-state index contributed by atoms with van der Waals surface area (Å²) < 4.78 is 46.2. The zero-order chi connectivity index (χ0) is 18.1. The summed E-state index contributed by atoms with van der Waals surface area (Å²) in [5.41, 5.74) is 0.751. The smallest absolute Gasteiger partial charge is 0.573 e. The van der Waals surface area contributed by atoms with Crippen LogP contribution in [0.4, 0.5) is 13.2 Å². The Bertz CT molecular complexity index is 607. The first-order valence-electron chi connectivity index (χ1n) is 9.29. The number of alkyl halides is 3. The summed E-state index contributed by atoms with van der Waals surface area (Å²) in [7, 11) is 0. The van der Waals surface area contributed by atoms with Crippen LogP contribution >= 0.6 is 0 Å². The minimum Gasteiger partial charge on any atom is -0.658 e. The Hall–Kier alpha value is -1.31. The van der Waals surface area contributed by atoms with Crippen molar-refractivity contribution in [3.8, 4) is 5.75 Å². The van der Waals surface area contributed by atoms with E-state index in [9.17, 15) is 13.2 Å². The Balaban J connectivity index is 1.19. The van der Waals surface area contributed by atoms with Crippen molar-refractivity contribution in [2.75, 3.05) is 32.8 Å². The summed E-state index contributed by atoms with van der Waals surface area (Å²) in [6.07, 6.45) is -2.37. The van der Waals surface area contributed by atoms with Crippen molar-refractivity contribution in [3.63, 3.8) is 0 Å². The number of likely N-dealkylation sites (tertiary alicyclic amines) is 1. The third kappa shape index (κ3) is 4.32. The standard InChI is InChI=1S/C19H24F3N2O2/c20-19(21,22)26-15-3-1-2-13(8-15)9-23-10-16-17-11-24(12-18(16)17)14-4-6-25-7-5-14/h1-3,8,14,16-18H,4-7,9-12H2/q-1. The van der Waals surface area contributed by atoms with Gasteiger partial charge in [-0.2, -0.15) is 0 Å². The number of fused-ring (bicyclic) bond motifs is 1. The van der Waals surface area contributed by atoms with E-state index < -0.39 is 6.36 Å². The predicted octanol–water partition coefficient (Wildman–Crippen LogP) is 3.82. The lowest BCUT2D eigenvalue weighted by atomic mass is 10.1. The van der Waals surface area contributed by atoms with Crippen molar-refractivity contribution >= 4 is 0 Å². The fraction of sp³-hybridized carbons (Fsp3) is 0.684. The van der Waals surface area contributed by atoms with Gasteiger partial charge in [0.15, 0.2) is 0 Å². The molecule has 2 saturated heterocycles. The number of piperidine rings is 1. The average molecular weight is 369 g/mol. The summed E-state index contributed by atoms with van der Waals surface area (Å²) >= 11 is 0. The monoisotopic (exact) mass is 369 g/mol. The molecule has 0 bridgehead atoms. The first kappa shape index (κ1) is 18.1. The van der Waals surface area contributed by atoms with E-state index in [4.69, 9.17) is 4.74 Å². The second-order valence-corrected chi connectivity index (χ2v) is 7.55. The topological polar surface area (TPSA) is 35.8 Å². The molecule has 7 heteroatoms. The van der Waals surface area contributed by atoms with Gasteiger partial charge in [-0.05, 0) is 36.8 Å². The average Bonchev–Trinajstić information content (AvgIpc) is 3.05. The van der Waals surface area contributed by atoms with Crippen molar-refractivity contribution in [1.82, 2.24) is 4.90 Å². The molecule has 0 spiro atoms. The van der Waals surface area contributed by atoms with Crippen LogP contribution < -0.4 is 4.74 Å². The Morgan fingerprint density at radius 3 is 2.58 bits per heavy atom. The highest BCUT2D eigenvalue weighted by atomic mass is 19.4. The number of hydrogen-bond acceptors (Lipinski definition) is 3. The molecule has 4 nitrogen and oxygen atoms in total. The van der Waals surface area contributed by atoms with Gasteiger partial charge in [0, 0.05) is 32.3 Å². The molecule has 3 aliphatic rings. The number of hydrogen-bond donors (Lipinski definition) is 0. The maximum atomic E-state index is 12.3. The van der Waals surface area contributed by atoms with Crippen molar-refractivity contribution in [2.24, 2.45) is 17.8 Å². The summed E-state index contributed by atoms with van der Waals surface area (Å²) in [6.45, 7) is 5.35. The molecule has 3 fully saturated rings. The minimum absolute atomic E-state index is 0.180. The molecular weight excluding hydrogens is 345 g/mol. The van der Waals surface area contributed by atoms with Crippen LogP contribution in [0.3, 0.4) is 0 Å². The minimum atomic E-state index is -4.66. The van der Waals surface area contributed by atoms with E-state index >= 15 is 0 Å². The highest BCUT2D eigenvalue weighted by Gasteiger charge is 2.54. The van der Waals surface area contributed by atoms with Gasteiger partial charge in [-0.15, -0.1) is 26.3 Å². The van der Waals surface area contributed by atoms with Crippen molar-refractivity contribution in [2.45, 2.75) is 31.8 Å². The number of nitrogens with zero attached hydrogens (tertiary/aromatic N) is 2. The van der Waals surface area contributed by atoms with E-state index in [-0.39, 0.29) is 5.75 Å². The lowest BCUT2D eigenvalue weighted by Gasteiger charge is -2.33. The predicted molar refractivity (Wildman–Crippen MR) is 90.9 cm³/mol. The molecule has 0 radical (unpaired) electrons. The molecule has 1 aliphatic carbocycles. The molecule has 4 rings (SSSR count). The molecule has 0 amide bonds. The first-order valence-corrected chi connectivity index (χ1v) is 9.29. The van der Waals surface area contributed by atoms with Crippen molar-refractivity contribution < 1.29 is 22.6 Å². The van der Waals surface area contributed by atoms with Crippen molar-refractivity contribution in [3.05, 3.63) is 35.1 Å². The highest BCUT2D eigenvalue weighted by molar-refractivity contribution is 5.30. The van der Waals surface area contributed by atoms with Gasteiger partial charge >= 0.3 is 6.36 Å². The fourth-order valence-corrected chi connectivity index (χ4v) is 4.48. The third-order valence-corrected chi connectivity index (χ3v) is 5.87. The molecule has 2 heterocycles. The molecular formula is C19H24F3N2O2-. The van der Waals surface area contributed by atoms with Crippen LogP contribution in [0.15, 0.2) is 24.3 Å². The third-order valence-electron chi connectivity index (χ3n) is 5.87. The lowest BCUT2D eigenvalue weighted by Crippen LogP contribution is -2.39. The van der Waals surface area contributed by atoms with E-state index in [2.05, 4.69) is 15.0 Å². The Labute approximate surface area is 151 Å². The van der Waals surface area contributed by atoms with Crippen molar-refractivity contribution in [1.29, 1.82) is 0 Å². The molecule has 144 valence electrons. The Kier molecular flexibility index (Phi) is 5.12. The summed E-state index contributed by atoms with van der Waals surface area (Å²) in [5.74, 6) is 1.98. The van der Waals surface area contributed by atoms with E-state index in [0.29, 0.717) is 18.5 Å². The summed E-state index contributed by atoms with van der Waals surface area (Å²) in [6, 6.07) is 6.77. The number of halogens is 3. The molecule has 2 atom stereocenters. The second kappa shape index (κ2) is 7.37. The normalized spacial score (nSPS) is 29.6. The van der Waals surface area contributed by atoms with E-state index in [1.807, 2.05) is 0 Å². The molecule has 2 aliphatic heterocycles. The zero-order valence-corrected chi connectivity index (χ0v) is 14.6. The zero-order valence-electron chi connectivity index (χ0n) is 14.6. The van der Waals surface area contributed by atoms with Gasteiger partial charge in [-0.25, -0.2) is 0 Å². The van der Waals surface area contributed by atoms with E-state index in [0.717, 1.165) is 50.0 Å². The van der Waals surface area contributed by atoms with E-state index in [1.54, 1.807) is 12.1 Å². The molecule has 1 aromatic carbocycles. The largest absolute Gasteiger partial charge is 0.658 e. The Morgan fingerprint density at radius 2 is 1.88 bits per heavy atom. The van der Waals surface area contributed by atoms with Crippen LogP contribution in [-0.4, -0.2) is 50.2 Å². The molecule has 26 heavy (non-hydrogen) atoms. The second-order valence-electron chi connectivity index (χ2n) is 7.55. The van der Waals surface area contributed by atoms with E-state index in [1.165, 1.54) is 25.2 Å². The number of ether oxygens (including phenoxy) is 2. The molecule has 1 aromatic rings. The van der Waals surface area contributed by atoms with Gasteiger partial charge < -0.3 is 14.8 Å². The SMILES string of the molecule is FC(F)(F)Oc1cccc(C[N-]CC2C3CN(C4CCOCC4)CC23)c1. The molecule has 1 saturated carbocycles. The van der Waals surface area contributed by atoms with Crippen LogP contribution in [-0.2, 0) is 11.3 Å². The molecule has 0 aromatic heterocycles. The lowest BCUT2D eigenvalue weighted by molar-refractivity contribution is -0.274. The Morgan fingerprint density at radius 1 is 1.15 bits per heavy atom. The summed E-state index contributed by atoms with van der Waals surface area (Å²) in [4.78, 5) is 2.62. The van der Waals surface area contributed by atoms with Gasteiger partial charge in [0.05, 0.1) is 0 Å². The van der Waals surface area contributed by atoms with Crippen LogP contribution in [0.5, 0.6) is 5.75 Å². The molecule has 2 unspecified atom stereocenters. The van der Waals surface area contributed by atoms with Gasteiger partial charge in [-0.1, -0.05) is 23.6 Å². The summed E-state index contributed by atoms with van der Waals surface area (Å²) in [5, 5.41) is 4.59. The first-order chi connectivity index (χ1) is 12.5. The van der Waals surface area contributed by atoms with Crippen LogP contribution in [0.25, 0.3) is 5.32 Å². The number of rotatable bonds is 6. The van der Waals surface area contributed by atoms with Gasteiger partial charge in [0.1, 0.15) is 5.75 Å². The van der Waals surface area contributed by atoms with Gasteiger partial charge in [0.2, 0.25) is 0 Å². The fourth-order valence-electron chi connectivity index (χ4n) is 4.48. The highest BCUT2D eigenvalue weighted by Crippen LogP contribution is 2.53. The number of benzene rings is 1. The van der Waals surface area contributed by atoms with Crippen LogP contribution in [0.2, 0.25) is 0 Å². The quantitative estimate of drug-likeness (QED) is 0.765. The van der Waals surface area contributed by atoms with Crippen LogP contribution in [0.1, 0.15) is 18.4 Å².